The molecule has 6 amide bonds. The van der Waals surface area contributed by atoms with Crippen molar-refractivity contribution in [3.8, 4) is 0 Å². The smallest absolute Gasteiger partial charge is 0.328 e. The molecule has 1 aromatic carbocycles. The van der Waals surface area contributed by atoms with Gasteiger partial charge in [-0.3, -0.25) is 28.8 Å². The third-order valence-electron chi connectivity index (χ3n) is 8.92. The first-order valence-corrected chi connectivity index (χ1v) is 18.7. The van der Waals surface area contributed by atoms with Gasteiger partial charge in [-0.1, -0.05) is 30.3 Å². The second kappa shape index (κ2) is 25.5. The summed E-state index contributed by atoms with van der Waals surface area (Å²) in [5.74, 6) is -6.31. The minimum atomic E-state index is -1.68. The maximum absolute atomic E-state index is 14.1. The van der Waals surface area contributed by atoms with E-state index in [0.717, 1.165) is 0 Å². The van der Waals surface area contributed by atoms with Crippen molar-refractivity contribution in [1.82, 2.24) is 31.9 Å². The van der Waals surface area contributed by atoms with Gasteiger partial charge in [-0.15, -0.1) is 0 Å². The van der Waals surface area contributed by atoms with Crippen LogP contribution in [0.2, 0.25) is 0 Å². The molecule has 8 atom stereocenters. The fraction of sp³-hybridized carbons (Fsp3) is 0.639. The monoisotopic (exact) mass is 809 g/mol. The standard InChI is InChI=1S/C36H63N11O10/c1-20(48)28(35(55)56)47-32(52)25(13-17-40)43-30(50)24(12-16-39)44-34(54)27(19-36(2,3)57-4)46-33(53)26(18-21-8-6-5-7-9-21)45-31(51)23(11-15-38)42-29(49)22(41)10-14-37/h5-9,20,22-28,48H,10-19,37-41H2,1-4H3,(H,42,49)(H,43,50)(H,44,54)(H,45,51)(H,46,53)(H,47,52)(H,55,56)/t20-,22+,23+,24+,25+,26-,27+,28+/m1/s1. The molecule has 0 aromatic heterocycles. The first-order chi connectivity index (χ1) is 26.8. The average Bonchev–Trinajstić information content (AvgIpc) is 3.15. The summed E-state index contributed by atoms with van der Waals surface area (Å²) in [5.41, 5.74) is 28.2. The van der Waals surface area contributed by atoms with Gasteiger partial charge >= 0.3 is 5.97 Å². The lowest BCUT2D eigenvalue weighted by molar-refractivity contribution is -0.145. The van der Waals surface area contributed by atoms with Crippen molar-refractivity contribution in [2.75, 3.05) is 33.3 Å². The van der Waals surface area contributed by atoms with Crippen LogP contribution in [0.15, 0.2) is 30.3 Å². The number of aliphatic hydroxyl groups is 1. The molecule has 57 heavy (non-hydrogen) atoms. The van der Waals surface area contributed by atoms with Crippen LogP contribution >= 0.6 is 0 Å². The van der Waals surface area contributed by atoms with Crippen LogP contribution in [0.1, 0.15) is 58.4 Å². The Morgan fingerprint density at radius 1 is 0.632 bits per heavy atom. The Hall–Kier alpha value is -4.77. The van der Waals surface area contributed by atoms with Gasteiger partial charge in [0.2, 0.25) is 35.4 Å². The zero-order chi connectivity index (χ0) is 43.3. The van der Waals surface area contributed by atoms with E-state index in [1.54, 1.807) is 44.2 Å². The van der Waals surface area contributed by atoms with Crippen molar-refractivity contribution in [3.05, 3.63) is 35.9 Å². The molecule has 0 unspecified atom stereocenters. The number of rotatable bonds is 27. The van der Waals surface area contributed by atoms with Crippen LogP contribution in [0.5, 0.6) is 0 Å². The Morgan fingerprint density at radius 2 is 1.02 bits per heavy atom. The van der Waals surface area contributed by atoms with Crippen LogP contribution in [0.4, 0.5) is 0 Å². The highest BCUT2D eigenvalue weighted by atomic mass is 16.5. The minimum Gasteiger partial charge on any atom is -0.480 e. The van der Waals surface area contributed by atoms with Crippen LogP contribution in [0.3, 0.4) is 0 Å². The number of benzene rings is 1. The number of nitrogens with one attached hydrogen (secondary N) is 6. The molecule has 0 aliphatic carbocycles. The normalized spacial score (nSPS) is 15.6. The molecule has 0 heterocycles. The van der Waals surface area contributed by atoms with Gasteiger partial charge in [0.15, 0.2) is 6.04 Å². The van der Waals surface area contributed by atoms with Gasteiger partial charge in [-0.25, -0.2) is 4.79 Å². The van der Waals surface area contributed by atoms with Gasteiger partial charge in [-0.2, -0.15) is 0 Å². The second-order valence-electron chi connectivity index (χ2n) is 14.1. The number of amides is 6. The molecule has 21 heteroatoms. The number of nitrogens with two attached hydrogens (primary N) is 5. The van der Waals surface area contributed by atoms with E-state index in [1.165, 1.54) is 14.0 Å². The Kier molecular flexibility index (Phi) is 22.5. The summed E-state index contributed by atoms with van der Waals surface area (Å²) in [7, 11) is 1.40. The largest absolute Gasteiger partial charge is 0.480 e. The van der Waals surface area contributed by atoms with Crippen molar-refractivity contribution in [3.63, 3.8) is 0 Å². The zero-order valence-electron chi connectivity index (χ0n) is 33.1. The minimum absolute atomic E-state index is 0.00823. The number of carboxylic acid groups (broad SMARTS) is 1. The highest BCUT2D eigenvalue weighted by Gasteiger charge is 2.36. The van der Waals surface area contributed by atoms with E-state index < -0.39 is 95.4 Å². The van der Waals surface area contributed by atoms with Crippen molar-refractivity contribution < 1.29 is 48.5 Å². The molecule has 0 aliphatic heterocycles. The van der Waals surface area contributed by atoms with Gasteiger partial charge in [0.1, 0.15) is 30.2 Å². The summed E-state index contributed by atoms with van der Waals surface area (Å²) in [5, 5.41) is 34.3. The molecule has 0 saturated heterocycles. The van der Waals surface area contributed by atoms with Crippen LogP contribution in [0.25, 0.3) is 0 Å². The van der Waals surface area contributed by atoms with E-state index in [2.05, 4.69) is 31.9 Å². The molecule has 0 saturated carbocycles. The number of hydrogen-bond donors (Lipinski definition) is 13. The Balaban J connectivity index is 3.43. The Bertz CT molecular complexity index is 1470. The molecule has 1 aromatic rings. The summed E-state index contributed by atoms with van der Waals surface area (Å²) in [6.07, 6.45) is -1.69. The van der Waals surface area contributed by atoms with Crippen LogP contribution in [-0.4, -0.2) is 139 Å². The van der Waals surface area contributed by atoms with Crippen LogP contribution < -0.4 is 60.6 Å². The molecular weight excluding hydrogens is 746 g/mol. The molecule has 0 bridgehead atoms. The predicted molar refractivity (Wildman–Crippen MR) is 209 cm³/mol. The number of hydrogen-bond acceptors (Lipinski definition) is 14. The number of ether oxygens (including phenoxy) is 1. The van der Waals surface area contributed by atoms with Crippen LogP contribution in [0, 0.1) is 0 Å². The first kappa shape index (κ1) is 50.2. The summed E-state index contributed by atoms with van der Waals surface area (Å²) < 4.78 is 5.54. The number of methoxy groups -OCH3 is 1. The number of aliphatic hydroxyl groups excluding tert-OH is 1. The van der Waals surface area contributed by atoms with Crippen molar-refractivity contribution >= 4 is 41.4 Å². The molecular formula is C36H63N11O10. The summed E-state index contributed by atoms with van der Waals surface area (Å²) in [6.45, 7) is 4.44. The number of carboxylic acids is 1. The van der Waals surface area contributed by atoms with Gasteiger partial charge < -0.3 is 75.5 Å². The molecule has 0 spiro atoms. The maximum atomic E-state index is 14.1. The molecule has 0 fully saturated rings. The molecule has 322 valence electrons. The van der Waals surface area contributed by atoms with Gasteiger partial charge in [0, 0.05) is 20.0 Å². The third kappa shape index (κ3) is 17.9. The predicted octanol–water partition coefficient (Wildman–Crippen LogP) is -4.86. The fourth-order valence-electron chi connectivity index (χ4n) is 5.47. The van der Waals surface area contributed by atoms with E-state index in [1.807, 2.05) is 0 Å². The van der Waals surface area contributed by atoms with Crippen molar-refractivity contribution in [2.24, 2.45) is 28.7 Å². The van der Waals surface area contributed by atoms with Crippen LogP contribution in [-0.2, 0) is 44.7 Å². The topological polar surface area (TPSA) is 371 Å². The number of aliphatic carboxylic acids is 1. The van der Waals surface area contributed by atoms with E-state index in [-0.39, 0.29) is 64.7 Å². The quantitative estimate of drug-likeness (QED) is 0.0396. The van der Waals surface area contributed by atoms with Gasteiger partial charge in [0.05, 0.1) is 17.7 Å². The lowest BCUT2D eigenvalue weighted by Crippen LogP contribution is -2.61. The fourth-order valence-corrected chi connectivity index (χ4v) is 5.47. The molecule has 18 N–H and O–H groups in total. The van der Waals surface area contributed by atoms with E-state index in [4.69, 9.17) is 33.4 Å². The van der Waals surface area contributed by atoms with E-state index in [0.29, 0.717) is 5.56 Å². The SMILES string of the molecule is COC(C)(C)C[C@H](NC(=O)[C@@H](Cc1ccccc1)NC(=O)[C@H](CCN)NC(=O)[C@@H](N)CCN)C(=O)N[C@@H](CCN)C(=O)N[C@@H](CCN)C(=O)N[C@H](C(=O)O)[C@@H](C)O. The van der Waals surface area contributed by atoms with E-state index in [9.17, 15) is 43.8 Å². The van der Waals surface area contributed by atoms with Crippen molar-refractivity contribution in [2.45, 2.75) is 113 Å². The third-order valence-corrected chi connectivity index (χ3v) is 8.92. The average molecular weight is 810 g/mol. The van der Waals surface area contributed by atoms with Gasteiger partial charge in [0.25, 0.3) is 0 Å². The summed E-state index contributed by atoms with van der Waals surface area (Å²) in [4.78, 5) is 92.4. The maximum Gasteiger partial charge on any atom is 0.328 e. The second-order valence-corrected chi connectivity index (χ2v) is 14.1. The lowest BCUT2D eigenvalue weighted by Gasteiger charge is -2.31. The number of carbonyl (C=O) groups is 7. The van der Waals surface area contributed by atoms with Crippen molar-refractivity contribution in [1.29, 1.82) is 0 Å². The summed E-state index contributed by atoms with van der Waals surface area (Å²) in [6, 6.07) is -0.467. The highest BCUT2D eigenvalue weighted by Crippen LogP contribution is 2.17. The van der Waals surface area contributed by atoms with E-state index >= 15 is 0 Å². The molecule has 0 aliphatic rings. The highest BCUT2D eigenvalue weighted by molar-refractivity contribution is 5.97. The lowest BCUT2D eigenvalue weighted by atomic mass is 9.96. The Morgan fingerprint density at radius 3 is 1.44 bits per heavy atom. The molecule has 1 rings (SSSR count). The first-order valence-electron chi connectivity index (χ1n) is 18.7. The number of carbonyl (C=O) groups excluding carboxylic acids is 6. The van der Waals surface area contributed by atoms with Gasteiger partial charge in [-0.05, 0) is 78.2 Å². The Labute approximate surface area is 332 Å². The molecule has 0 radical (unpaired) electrons. The zero-order valence-corrected chi connectivity index (χ0v) is 33.1. The summed E-state index contributed by atoms with van der Waals surface area (Å²) >= 11 is 0. The molecule has 21 nitrogen and oxygen atoms in total.